The molecule has 0 aliphatic carbocycles. The lowest BCUT2D eigenvalue weighted by Gasteiger charge is -2.10. The minimum absolute atomic E-state index is 0.0823. The fourth-order valence-electron chi connectivity index (χ4n) is 2.24. The van der Waals surface area contributed by atoms with Gasteiger partial charge in [-0.1, -0.05) is 12.1 Å². The Morgan fingerprint density at radius 1 is 1.22 bits per heavy atom. The van der Waals surface area contributed by atoms with Crippen LogP contribution >= 0.6 is 0 Å². The van der Waals surface area contributed by atoms with Gasteiger partial charge in [0.1, 0.15) is 11.4 Å². The standard InChI is InChI=1S/C19H18N2O6/c1-12(19(23)24)27-15-7-5-14(6-8-15)18(22)10-4-13-3-9-16(20-2)17(11-13)21(25)26/h3-12,20H,1-2H3,(H,23,24)/b10-4+/t12-/m1/s1. The number of aliphatic carboxylic acids is 1. The van der Waals surface area contributed by atoms with Crippen molar-refractivity contribution < 1.29 is 24.4 Å². The van der Waals surface area contributed by atoms with Gasteiger partial charge in [-0.15, -0.1) is 0 Å². The topological polar surface area (TPSA) is 119 Å². The summed E-state index contributed by atoms with van der Waals surface area (Å²) in [6, 6.07) is 10.6. The summed E-state index contributed by atoms with van der Waals surface area (Å²) in [6.07, 6.45) is 1.81. The summed E-state index contributed by atoms with van der Waals surface area (Å²) >= 11 is 0. The fraction of sp³-hybridized carbons (Fsp3) is 0.158. The van der Waals surface area contributed by atoms with Crippen LogP contribution in [0, 0.1) is 10.1 Å². The van der Waals surface area contributed by atoms with Gasteiger partial charge in [-0.05, 0) is 48.9 Å². The van der Waals surface area contributed by atoms with Gasteiger partial charge in [-0.25, -0.2) is 4.79 Å². The van der Waals surface area contributed by atoms with Gasteiger partial charge in [0.2, 0.25) is 0 Å². The quantitative estimate of drug-likeness (QED) is 0.316. The van der Waals surface area contributed by atoms with E-state index in [9.17, 15) is 19.7 Å². The SMILES string of the molecule is CNc1ccc(/C=C/C(=O)c2ccc(O[C@H](C)C(=O)O)cc2)cc1[N+](=O)[O-]. The van der Waals surface area contributed by atoms with Crippen molar-refractivity contribution >= 4 is 29.2 Å². The van der Waals surface area contributed by atoms with Gasteiger partial charge in [0, 0.05) is 18.7 Å². The maximum atomic E-state index is 12.2. The zero-order valence-electron chi connectivity index (χ0n) is 14.7. The number of nitro groups is 1. The van der Waals surface area contributed by atoms with Crippen molar-refractivity contribution in [3.8, 4) is 5.75 Å². The number of carboxylic acid groups (broad SMARTS) is 1. The first-order chi connectivity index (χ1) is 12.8. The molecule has 0 aromatic heterocycles. The van der Waals surface area contributed by atoms with Crippen LogP contribution in [0.3, 0.4) is 0 Å². The highest BCUT2D eigenvalue weighted by Crippen LogP contribution is 2.25. The van der Waals surface area contributed by atoms with Crippen molar-refractivity contribution in [3.05, 3.63) is 69.8 Å². The summed E-state index contributed by atoms with van der Waals surface area (Å²) < 4.78 is 5.20. The second-order valence-electron chi connectivity index (χ2n) is 5.60. The number of carbonyl (C=O) groups is 2. The van der Waals surface area contributed by atoms with Crippen LogP contribution in [0.1, 0.15) is 22.8 Å². The fourth-order valence-corrected chi connectivity index (χ4v) is 2.24. The highest BCUT2D eigenvalue weighted by Gasteiger charge is 2.14. The molecule has 8 nitrogen and oxygen atoms in total. The number of nitrogens with zero attached hydrogens (tertiary/aromatic N) is 1. The first kappa shape index (κ1) is 19.6. The molecule has 0 heterocycles. The maximum Gasteiger partial charge on any atom is 0.344 e. The molecule has 27 heavy (non-hydrogen) atoms. The predicted octanol–water partition coefficient (Wildman–Crippen LogP) is 3.38. The van der Waals surface area contributed by atoms with Gasteiger partial charge in [0.25, 0.3) is 5.69 Å². The van der Waals surface area contributed by atoms with E-state index >= 15 is 0 Å². The largest absolute Gasteiger partial charge is 0.479 e. The van der Waals surface area contributed by atoms with E-state index < -0.39 is 17.0 Å². The molecular formula is C19H18N2O6. The monoisotopic (exact) mass is 370 g/mol. The van der Waals surface area contributed by atoms with Gasteiger partial charge in [0.15, 0.2) is 11.9 Å². The summed E-state index contributed by atoms with van der Waals surface area (Å²) in [5, 5.41) is 22.6. The molecule has 2 N–H and O–H groups in total. The lowest BCUT2D eigenvalue weighted by Crippen LogP contribution is -2.22. The first-order valence-electron chi connectivity index (χ1n) is 8.00. The molecule has 0 bridgehead atoms. The van der Waals surface area contributed by atoms with E-state index in [4.69, 9.17) is 9.84 Å². The molecule has 1 atom stereocenters. The van der Waals surface area contributed by atoms with Crippen LogP contribution in [0.25, 0.3) is 6.08 Å². The van der Waals surface area contributed by atoms with Gasteiger partial charge >= 0.3 is 5.97 Å². The molecule has 0 amide bonds. The first-order valence-corrected chi connectivity index (χ1v) is 8.00. The third-order valence-corrected chi connectivity index (χ3v) is 3.71. The number of nitro benzene ring substituents is 1. The number of allylic oxidation sites excluding steroid dienone is 1. The number of carboxylic acids is 1. The van der Waals surface area contributed by atoms with Crippen molar-refractivity contribution in [3.63, 3.8) is 0 Å². The van der Waals surface area contributed by atoms with Crippen molar-refractivity contribution in [2.75, 3.05) is 12.4 Å². The van der Waals surface area contributed by atoms with Gasteiger partial charge in [0.05, 0.1) is 4.92 Å². The second-order valence-corrected chi connectivity index (χ2v) is 5.60. The van der Waals surface area contributed by atoms with Crippen LogP contribution in [0.5, 0.6) is 5.75 Å². The Balaban J connectivity index is 2.11. The number of rotatable bonds is 8. The Morgan fingerprint density at radius 2 is 1.89 bits per heavy atom. The molecule has 0 fully saturated rings. The minimum atomic E-state index is -1.09. The molecule has 0 aliphatic rings. The van der Waals surface area contributed by atoms with Gasteiger partial charge < -0.3 is 15.2 Å². The Kier molecular flexibility index (Phi) is 6.27. The second kappa shape index (κ2) is 8.61. The third-order valence-electron chi connectivity index (χ3n) is 3.71. The normalized spacial score (nSPS) is 11.8. The Hall–Kier alpha value is -3.68. The van der Waals surface area contributed by atoms with Crippen LogP contribution in [0.4, 0.5) is 11.4 Å². The maximum absolute atomic E-state index is 12.2. The van der Waals surface area contributed by atoms with Crippen LogP contribution < -0.4 is 10.1 Å². The molecule has 0 radical (unpaired) electrons. The molecule has 0 saturated heterocycles. The number of anilines is 1. The highest BCUT2D eigenvalue weighted by atomic mass is 16.6. The van der Waals surface area contributed by atoms with Crippen LogP contribution in [-0.4, -0.2) is 34.9 Å². The zero-order chi connectivity index (χ0) is 20.0. The van der Waals surface area contributed by atoms with E-state index in [1.165, 1.54) is 49.4 Å². The molecule has 0 unspecified atom stereocenters. The molecule has 0 aliphatic heterocycles. The highest BCUT2D eigenvalue weighted by molar-refractivity contribution is 6.06. The Bertz CT molecular complexity index is 890. The van der Waals surface area contributed by atoms with Gasteiger partial charge in [-0.3, -0.25) is 14.9 Å². The summed E-state index contributed by atoms with van der Waals surface area (Å²) in [6.45, 7) is 1.41. The van der Waals surface area contributed by atoms with E-state index in [-0.39, 0.29) is 11.5 Å². The van der Waals surface area contributed by atoms with Crippen molar-refractivity contribution in [2.45, 2.75) is 13.0 Å². The average molecular weight is 370 g/mol. The van der Waals surface area contributed by atoms with Gasteiger partial charge in [-0.2, -0.15) is 0 Å². The minimum Gasteiger partial charge on any atom is -0.479 e. The number of benzene rings is 2. The summed E-state index contributed by atoms with van der Waals surface area (Å²) in [5.74, 6) is -1.05. The molecule has 140 valence electrons. The van der Waals surface area contributed by atoms with E-state index in [0.717, 1.165) is 0 Å². The van der Waals surface area contributed by atoms with Crippen LogP contribution in [0.2, 0.25) is 0 Å². The number of hydrogen-bond acceptors (Lipinski definition) is 6. The number of carbonyl (C=O) groups excluding carboxylic acids is 1. The molecule has 8 heteroatoms. The lowest BCUT2D eigenvalue weighted by molar-refractivity contribution is -0.384. The van der Waals surface area contributed by atoms with Crippen LogP contribution in [0.15, 0.2) is 48.5 Å². The summed E-state index contributed by atoms with van der Waals surface area (Å²) in [7, 11) is 1.59. The number of ether oxygens (including phenoxy) is 1. The Morgan fingerprint density at radius 3 is 2.44 bits per heavy atom. The number of hydrogen-bond donors (Lipinski definition) is 2. The van der Waals surface area contributed by atoms with E-state index in [2.05, 4.69) is 5.32 Å². The summed E-state index contributed by atoms with van der Waals surface area (Å²) in [4.78, 5) is 33.6. The third kappa shape index (κ3) is 5.15. The number of nitrogens with one attached hydrogen (secondary N) is 1. The molecule has 0 spiro atoms. The smallest absolute Gasteiger partial charge is 0.344 e. The van der Waals surface area contributed by atoms with Crippen LogP contribution in [-0.2, 0) is 4.79 Å². The van der Waals surface area contributed by atoms with E-state index in [1.807, 2.05) is 0 Å². The molecule has 0 saturated carbocycles. The molecule has 2 aromatic rings. The van der Waals surface area contributed by atoms with Crippen molar-refractivity contribution in [1.82, 2.24) is 0 Å². The number of ketones is 1. The molecule has 2 aromatic carbocycles. The van der Waals surface area contributed by atoms with E-state index in [1.54, 1.807) is 19.2 Å². The molecular weight excluding hydrogens is 352 g/mol. The van der Waals surface area contributed by atoms with E-state index in [0.29, 0.717) is 22.6 Å². The average Bonchev–Trinajstić information content (AvgIpc) is 2.66. The summed E-state index contributed by atoms with van der Waals surface area (Å²) in [5.41, 5.74) is 1.20. The van der Waals surface area contributed by atoms with Crippen molar-refractivity contribution in [2.24, 2.45) is 0 Å². The Labute approximate surface area is 155 Å². The predicted molar refractivity (Wildman–Crippen MR) is 100 cm³/mol. The molecule has 2 rings (SSSR count). The van der Waals surface area contributed by atoms with Crippen molar-refractivity contribution in [1.29, 1.82) is 0 Å². The lowest BCUT2D eigenvalue weighted by atomic mass is 10.1. The zero-order valence-corrected chi connectivity index (χ0v) is 14.7.